The van der Waals surface area contributed by atoms with Gasteiger partial charge in [0.05, 0.1) is 0 Å². The normalized spacial score (nSPS) is 11.2. The average Bonchev–Trinajstić information content (AvgIpc) is 2.48. The third kappa shape index (κ3) is 4.19. The van der Waals surface area contributed by atoms with Gasteiger partial charge in [0.25, 0.3) is 0 Å². The first-order valence-corrected chi connectivity index (χ1v) is 7.25. The summed E-state index contributed by atoms with van der Waals surface area (Å²) in [4.78, 5) is 2.48. The van der Waals surface area contributed by atoms with Crippen molar-refractivity contribution in [2.45, 2.75) is 39.5 Å². The molecule has 106 valence electrons. The first kappa shape index (κ1) is 14.8. The molecule has 0 aliphatic rings. The van der Waals surface area contributed by atoms with Crippen molar-refractivity contribution < 1.29 is 0 Å². The Labute approximate surface area is 122 Å². The Balaban J connectivity index is 2.05. The fourth-order valence-electron chi connectivity index (χ4n) is 2.25. The zero-order valence-electron chi connectivity index (χ0n) is 12.4. The van der Waals surface area contributed by atoms with Gasteiger partial charge in [-0.3, -0.25) is 4.90 Å². The van der Waals surface area contributed by atoms with Crippen molar-refractivity contribution in [1.29, 1.82) is 0 Å². The quantitative estimate of drug-likeness (QED) is 0.868. The van der Waals surface area contributed by atoms with Crippen LogP contribution in [0.3, 0.4) is 0 Å². The fourth-order valence-corrected chi connectivity index (χ4v) is 2.25. The Morgan fingerprint density at radius 1 is 0.800 bits per heavy atom. The summed E-state index contributed by atoms with van der Waals surface area (Å²) in [6.45, 7) is 7.06. The molecule has 2 nitrogen and oxygen atoms in total. The van der Waals surface area contributed by atoms with Crippen LogP contribution in [0.4, 0.5) is 0 Å². The van der Waals surface area contributed by atoms with Crippen molar-refractivity contribution in [3.05, 3.63) is 71.3 Å². The van der Waals surface area contributed by atoms with E-state index in [-0.39, 0.29) is 0 Å². The molecule has 0 spiro atoms. The molecular formula is C18H24N2. The van der Waals surface area contributed by atoms with Crippen LogP contribution in [-0.4, -0.2) is 10.9 Å². The van der Waals surface area contributed by atoms with E-state index < -0.39 is 0 Å². The van der Waals surface area contributed by atoms with Crippen LogP contribution >= 0.6 is 0 Å². The second kappa shape index (κ2) is 7.22. The molecule has 0 amide bonds. The highest BCUT2D eigenvalue weighted by atomic mass is 15.1. The van der Waals surface area contributed by atoms with E-state index in [4.69, 9.17) is 5.73 Å². The van der Waals surface area contributed by atoms with Gasteiger partial charge in [-0.15, -0.1) is 0 Å². The molecule has 2 N–H and O–H groups in total. The lowest BCUT2D eigenvalue weighted by atomic mass is 10.1. The van der Waals surface area contributed by atoms with Crippen molar-refractivity contribution in [2.24, 2.45) is 5.73 Å². The lowest BCUT2D eigenvalue weighted by Crippen LogP contribution is -2.29. The van der Waals surface area contributed by atoms with Crippen molar-refractivity contribution in [3.8, 4) is 0 Å². The predicted octanol–water partition coefficient (Wildman–Crippen LogP) is 3.56. The third-order valence-electron chi connectivity index (χ3n) is 3.60. The molecule has 2 heteroatoms. The molecule has 20 heavy (non-hydrogen) atoms. The highest BCUT2D eigenvalue weighted by Crippen LogP contribution is 2.13. The molecular weight excluding hydrogens is 244 g/mol. The summed E-state index contributed by atoms with van der Waals surface area (Å²) >= 11 is 0. The van der Waals surface area contributed by atoms with Gasteiger partial charge in [-0.25, -0.2) is 0 Å². The fraction of sp³-hybridized carbons (Fsp3) is 0.333. The lowest BCUT2D eigenvalue weighted by Gasteiger charge is -2.26. The minimum absolute atomic E-state index is 0.518. The first-order chi connectivity index (χ1) is 9.69. The largest absolute Gasteiger partial charge is 0.326 e. The molecule has 0 unspecified atom stereocenters. The summed E-state index contributed by atoms with van der Waals surface area (Å²) in [7, 11) is 0. The number of benzene rings is 2. The zero-order valence-corrected chi connectivity index (χ0v) is 12.4. The third-order valence-corrected chi connectivity index (χ3v) is 3.60. The van der Waals surface area contributed by atoms with E-state index in [9.17, 15) is 0 Å². The second-order valence-corrected chi connectivity index (χ2v) is 5.50. The Kier molecular flexibility index (Phi) is 5.33. The number of nitrogens with two attached hydrogens (primary N) is 1. The number of hydrogen-bond donors (Lipinski definition) is 1. The van der Waals surface area contributed by atoms with Crippen LogP contribution in [0.2, 0.25) is 0 Å². The van der Waals surface area contributed by atoms with Crippen molar-refractivity contribution in [2.75, 3.05) is 0 Å². The molecule has 2 aromatic rings. The molecule has 2 rings (SSSR count). The minimum Gasteiger partial charge on any atom is -0.326 e. The van der Waals surface area contributed by atoms with Gasteiger partial charge in [-0.1, -0.05) is 54.6 Å². The van der Waals surface area contributed by atoms with Gasteiger partial charge in [-0.05, 0) is 30.5 Å². The van der Waals surface area contributed by atoms with E-state index in [0.29, 0.717) is 12.6 Å². The van der Waals surface area contributed by atoms with E-state index in [1.165, 1.54) is 16.7 Å². The molecule has 0 heterocycles. The average molecular weight is 268 g/mol. The summed E-state index contributed by atoms with van der Waals surface area (Å²) in [6, 6.07) is 19.8. The highest BCUT2D eigenvalue weighted by molar-refractivity contribution is 5.22. The molecule has 0 aliphatic heterocycles. The van der Waals surface area contributed by atoms with E-state index in [1.54, 1.807) is 0 Å². The van der Waals surface area contributed by atoms with Gasteiger partial charge < -0.3 is 5.73 Å². The van der Waals surface area contributed by atoms with Crippen LogP contribution in [0.1, 0.15) is 30.5 Å². The Hall–Kier alpha value is -1.64. The standard InChI is InChI=1S/C18H24N2/c1-15(2)20(13-17-6-4-3-5-7-17)14-18-10-8-16(12-19)9-11-18/h3-11,15H,12-14,19H2,1-2H3. The number of nitrogens with zero attached hydrogens (tertiary/aromatic N) is 1. The van der Waals surface area contributed by atoms with E-state index in [0.717, 1.165) is 13.1 Å². The van der Waals surface area contributed by atoms with Gasteiger partial charge in [0.1, 0.15) is 0 Å². The van der Waals surface area contributed by atoms with Gasteiger partial charge in [-0.2, -0.15) is 0 Å². The van der Waals surface area contributed by atoms with E-state index >= 15 is 0 Å². The second-order valence-electron chi connectivity index (χ2n) is 5.50. The number of rotatable bonds is 6. The monoisotopic (exact) mass is 268 g/mol. The Morgan fingerprint density at radius 2 is 1.30 bits per heavy atom. The molecule has 0 fully saturated rings. The first-order valence-electron chi connectivity index (χ1n) is 7.25. The van der Waals surface area contributed by atoms with Crippen molar-refractivity contribution in [3.63, 3.8) is 0 Å². The van der Waals surface area contributed by atoms with E-state index in [2.05, 4.69) is 73.3 Å². The van der Waals surface area contributed by atoms with Gasteiger partial charge in [0.2, 0.25) is 0 Å². The lowest BCUT2D eigenvalue weighted by molar-refractivity contribution is 0.203. The van der Waals surface area contributed by atoms with Crippen LogP contribution in [0.15, 0.2) is 54.6 Å². The Bertz CT molecular complexity index is 503. The van der Waals surface area contributed by atoms with Crippen LogP contribution in [0.5, 0.6) is 0 Å². The van der Waals surface area contributed by atoms with Gasteiger partial charge in [0, 0.05) is 25.7 Å². The van der Waals surface area contributed by atoms with Gasteiger partial charge >= 0.3 is 0 Å². The number of hydrogen-bond acceptors (Lipinski definition) is 2. The van der Waals surface area contributed by atoms with Crippen LogP contribution in [0.25, 0.3) is 0 Å². The topological polar surface area (TPSA) is 29.3 Å². The van der Waals surface area contributed by atoms with Crippen molar-refractivity contribution >= 4 is 0 Å². The molecule has 0 saturated heterocycles. The summed E-state index contributed by atoms with van der Waals surface area (Å²) in [5, 5.41) is 0. The maximum Gasteiger partial charge on any atom is 0.0239 e. The van der Waals surface area contributed by atoms with Gasteiger partial charge in [0.15, 0.2) is 0 Å². The highest BCUT2D eigenvalue weighted by Gasteiger charge is 2.10. The molecule has 0 bridgehead atoms. The SMILES string of the molecule is CC(C)N(Cc1ccccc1)Cc1ccc(CN)cc1. The van der Waals surface area contributed by atoms with Crippen LogP contribution in [0, 0.1) is 0 Å². The van der Waals surface area contributed by atoms with Crippen molar-refractivity contribution in [1.82, 2.24) is 4.90 Å². The smallest absolute Gasteiger partial charge is 0.0239 e. The molecule has 2 aromatic carbocycles. The molecule has 0 aliphatic carbocycles. The molecule has 0 radical (unpaired) electrons. The molecule has 0 saturated carbocycles. The predicted molar refractivity (Wildman–Crippen MR) is 85.2 cm³/mol. The zero-order chi connectivity index (χ0) is 14.4. The Morgan fingerprint density at radius 3 is 1.80 bits per heavy atom. The summed E-state index contributed by atoms with van der Waals surface area (Å²) < 4.78 is 0. The maximum absolute atomic E-state index is 5.64. The van der Waals surface area contributed by atoms with Crippen LogP contribution in [-0.2, 0) is 19.6 Å². The minimum atomic E-state index is 0.518. The summed E-state index contributed by atoms with van der Waals surface area (Å²) in [5.74, 6) is 0. The molecule has 0 aromatic heterocycles. The van der Waals surface area contributed by atoms with Crippen LogP contribution < -0.4 is 5.73 Å². The summed E-state index contributed by atoms with van der Waals surface area (Å²) in [5.41, 5.74) is 9.53. The summed E-state index contributed by atoms with van der Waals surface area (Å²) in [6.07, 6.45) is 0. The molecule has 0 atom stereocenters. The van der Waals surface area contributed by atoms with E-state index in [1.807, 2.05) is 0 Å². The maximum atomic E-state index is 5.64.